The molecule has 1 unspecified atom stereocenters. The number of hydrogen-bond donors (Lipinski definition) is 1. The van der Waals surface area contributed by atoms with E-state index >= 15 is 0 Å². The predicted molar refractivity (Wildman–Crippen MR) is 56.5 cm³/mol. The number of anilines is 1. The van der Waals surface area contributed by atoms with Crippen molar-refractivity contribution in [1.82, 2.24) is 0 Å². The SMILES string of the molecule is Clc1ccc2c(c1)NCC2CBr. The quantitative estimate of drug-likeness (QED) is 0.750. The molecule has 1 aromatic carbocycles. The molecule has 2 rings (SSSR count). The van der Waals surface area contributed by atoms with Crippen LogP contribution in [-0.4, -0.2) is 11.9 Å². The largest absolute Gasteiger partial charge is 0.384 e. The van der Waals surface area contributed by atoms with E-state index in [1.54, 1.807) is 0 Å². The van der Waals surface area contributed by atoms with Crippen molar-refractivity contribution in [2.75, 3.05) is 17.2 Å². The predicted octanol–water partition coefficient (Wildman–Crippen LogP) is 3.24. The lowest BCUT2D eigenvalue weighted by atomic mass is 10.0. The van der Waals surface area contributed by atoms with Gasteiger partial charge in [-0.05, 0) is 17.7 Å². The highest BCUT2D eigenvalue weighted by atomic mass is 79.9. The average Bonchev–Trinajstić information content (AvgIpc) is 2.46. The molecule has 1 N–H and O–H groups in total. The molecule has 1 aliphatic rings. The number of fused-ring (bicyclic) bond motifs is 1. The molecule has 1 nitrogen and oxygen atoms in total. The fourth-order valence-corrected chi connectivity index (χ4v) is 2.27. The lowest BCUT2D eigenvalue weighted by Crippen LogP contribution is -2.02. The Labute approximate surface area is 85.2 Å². The smallest absolute Gasteiger partial charge is 0.0426 e. The summed E-state index contributed by atoms with van der Waals surface area (Å²) in [5.74, 6) is 0.595. The molecule has 0 amide bonds. The average molecular weight is 247 g/mol. The minimum absolute atomic E-state index is 0.595. The molecule has 3 heteroatoms. The zero-order valence-electron chi connectivity index (χ0n) is 6.48. The van der Waals surface area contributed by atoms with E-state index in [4.69, 9.17) is 11.6 Å². The molecule has 0 spiro atoms. The van der Waals surface area contributed by atoms with Crippen LogP contribution in [-0.2, 0) is 0 Å². The lowest BCUT2D eigenvalue weighted by molar-refractivity contribution is 0.874. The second-order valence-electron chi connectivity index (χ2n) is 2.96. The van der Waals surface area contributed by atoms with Crippen LogP contribution in [0.2, 0.25) is 5.02 Å². The van der Waals surface area contributed by atoms with Gasteiger partial charge in [-0.2, -0.15) is 0 Å². The zero-order chi connectivity index (χ0) is 8.55. The number of halogens is 2. The van der Waals surface area contributed by atoms with E-state index in [0.29, 0.717) is 5.92 Å². The molecular formula is C9H9BrClN. The van der Waals surface area contributed by atoms with Crippen LogP contribution < -0.4 is 5.32 Å². The van der Waals surface area contributed by atoms with Crippen LogP contribution in [0.5, 0.6) is 0 Å². The monoisotopic (exact) mass is 245 g/mol. The minimum Gasteiger partial charge on any atom is -0.384 e. The highest BCUT2D eigenvalue weighted by Gasteiger charge is 2.20. The van der Waals surface area contributed by atoms with Gasteiger partial charge in [0.2, 0.25) is 0 Å². The van der Waals surface area contributed by atoms with Gasteiger partial charge in [0.1, 0.15) is 0 Å². The van der Waals surface area contributed by atoms with Gasteiger partial charge in [0.05, 0.1) is 0 Å². The van der Waals surface area contributed by atoms with Gasteiger partial charge < -0.3 is 5.32 Å². The van der Waals surface area contributed by atoms with Crippen molar-refractivity contribution in [1.29, 1.82) is 0 Å². The van der Waals surface area contributed by atoms with E-state index in [1.807, 2.05) is 12.1 Å². The Hall–Kier alpha value is -0.210. The first-order valence-electron chi connectivity index (χ1n) is 3.90. The van der Waals surface area contributed by atoms with Crippen molar-refractivity contribution in [2.45, 2.75) is 5.92 Å². The van der Waals surface area contributed by atoms with Crippen LogP contribution in [0.3, 0.4) is 0 Å². The molecule has 1 heterocycles. The Bertz CT molecular complexity index is 301. The summed E-state index contributed by atoms with van der Waals surface area (Å²) < 4.78 is 0. The summed E-state index contributed by atoms with van der Waals surface area (Å²) in [4.78, 5) is 0. The fraction of sp³-hybridized carbons (Fsp3) is 0.333. The molecule has 12 heavy (non-hydrogen) atoms. The zero-order valence-corrected chi connectivity index (χ0v) is 8.82. The molecule has 0 bridgehead atoms. The van der Waals surface area contributed by atoms with Crippen molar-refractivity contribution in [2.24, 2.45) is 0 Å². The highest BCUT2D eigenvalue weighted by Crippen LogP contribution is 2.34. The molecule has 1 atom stereocenters. The summed E-state index contributed by atoms with van der Waals surface area (Å²) in [6.07, 6.45) is 0. The van der Waals surface area contributed by atoms with Gasteiger partial charge in [-0.15, -0.1) is 0 Å². The second-order valence-corrected chi connectivity index (χ2v) is 4.05. The molecule has 0 saturated carbocycles. The van der Waals surface area contributed by atoms with E-state index in [1.165, 1.54) is 11.3 Å². The van der Waals surface area contributed by atoms with Gasteiger partial charge in [-0.3, -0.25) is 0 Å². The summed E-state index contributed by atoms with van der Waals surface area (Å²) in [5, 5.41) is 5.14. The van der Waals surface area contributed by atoms with Crippen molar-refractivity contribution in [3.8, 4) is 0 Å². The van der Waals surface area contributed by atoms with Crippen LogP contribution in [0.4, 0.5) is 5.69 Å². The lowest BCUT2D eigenvalue weighted by Gasteiger charge is -2.04. The van der Waals surface area contributed by atoms with Gasteiger partial charge in [-0.1, -0.05) is 33.6 Å². The highest BCUT2D eigenvalue weighted by molar-refractivity contribution is 9.09. The Morgan fingerprint density at radius 1 is 1.58 bits per heavy atom. The van der Waals surface area contributed by atoms with Crippen LogP contribution in [0.15, 0.2) is 18.2 Å². The maximum Gasteiger partial charge on any atom is 0.0426 e. The molecule has 1 aliphatic heterocycles. The molecule has 1 aromatic rings. The first-order valence-corrected chi connectivity index (χ1v) is 5.40. The molecule has 0 saturated heterocycles. The molecule has 0 radical (unpaired) electrons. The van der Waals surface area contributed by atoms with Gasteiger partial charge in [0, 0.05) is 28.5 Å². The van der Waals surface area contributed by atoms with Gasteiger partial charge in [0.25, 0.3) is 0 Å². The maximum atomic E-state index is 5.86. The number of hydrogen-bond acceptors (Lipinski definition) is 1. The molecular weight excluding hydrogens is 237 g/mol. The fourth-order valence-electron chi connectivity index (χ4n) is 1.52. The Balaban J connectivity index is 2.40. The van der Waals surface area contributed by atoms with E-state index < -0.39 is 0 Å². The Morgan fingerprint density at radius 2 is 2.42 bits per heavy atom. The topological polar surface area (TPSA) is 12.0 Å². The molecule has 0 aromatic heterocycles. The van der Waals surface area contributed by atoms with Crippen molar-refractivity contribution < 1.29 is 0 Å². The Kier molecular flexibility index (Phi) is 2.28. The first kappa shape index (κ1) is 8.39. The maximum absolute atomic E-state index is 5.86. The third-order valence-corrected chi connectivity index (χ3v) is 3.20. The van der Waals surface area contributed by atoms with Gasteiger partial charge in [0.15, 0.2) is 0 Å². The van der Waals surface area contributed by atoms with E-state index in [-0.39, 0.29) is 0 Å². The van der Waals surface area contributed by atoms with Crippen molar-refractivity contribution >= 4 is 33.2 Å². The van der Waals surface area contributed by atoms with Crippen LogP contribution >= 0.6 is 27.5 Å². The second kappa shape index (κ2) is 3.27. The summed E-state index contributed by atoms with van der Waals surface area (Å²) >= 11 is 9.35. The number of rotatable bonds is 1. The third kappa shape index (κ3) is 1.34. The van der Waals surface area contributed by atoms with Gasteiger partial charge in [-0.25, -0.2) is 0 Å². The van der Waals surface area contributed by atoms with Crippen LogP contribution in [0, 0.1) is 0 Å². The van der Waals surface area contributed by atoms with Crippen molar-refractivity contribution in [3.05, 3.63) is 28.8 Å². The Morgan fingerprint density at radius 3 is 3.17 bits per heavy atom. The van der Waals surface area contributed by atoms with Crippen LogP contribution in [0.1, 0.15) is 11.5 Å². The minimum atomic E-state index is 0.595. The van der Waals surface area contributed by atoms with E-state index in [0.717, 1.165) is 16.9 Å². The van der Waals surface area contributed by atoms with E-state index in [2.05, 4.69) is 27.3 Å². The summed E-state index contributed by atoms with van der Waals surface area (Å²) in [5.41, 5.74) is 2.56. The van der Waals surface area contributed by atoms with Gasteiger partial charge >= 0.3 is 0 Å². The van der Waals surface area contributed by atoms with E-state index in [9.17, 15) is 0 Å². The molecule has 64 valence electrons. The summed E-state index contributed by atoms with van der Waals surface area (Å²) in [6, 6.07) is 6.03. The normalized spacial score (nSPS) is 20.3. The van der Waals surface area contributed by atoms with Crippen LogP contribution in [0.25, 0.3) is 0 Å². The number of alkyl halides is 1. The standard InChI is InChI=1S/C9H9BrClN/c10-4-6-5-12-9-3-7(11)1-2-8(6)9/h1-3,6,12H,4-5H2. The van der Waals surface area contributed by atoms with Crippen molar-refractivity contribution in [3.63, 3.8) is 0 Å². The number of nitrogens with one attached hydrogen (secondary N) is 1. The summed E-state index contributed by atoms with van der Waals surface area (Å²) in [6.45, 7) is 1.01. The first-order chi connectivity index (χ1) is 5.81. The third-order valence-electron chi connectivity index (χ3n) is 2.18. The number of benzene rings is 1. The summed E-state index contributed by atoms with van der Waals surface area (Å²) in [7, 11) is 0. The molecule has 0 fully saturated rings. The molecule has 0 aliphatic carbocycles.